The highest BCUT2D eigenvalue weighted by Gasteiger charge is 2.25. The van der Waals surface area contributed by atoms with Crippen LogP contribution in [0, 0.1) is 5.92 Å². The summed E-state index contributed by atoms with van der Waals surface area (Å²) < 4.78 is 0. The molecule has 1 saturated carbocycles. The normalized spacial score (nSPS) is 22.3. The predicted molar refractivity (Wildman–Crippen MR) is 83.2 cm³/mol. The summed E-state index contributed by atoms with van der Waals surface area (Å²) in [6.07, 6.45) is 6.21. The average Bonchev–Trinajstić information content (AvgIpc) is 2.48. The number of amides is 2. The molecule has 20 heavy (non-hydrogen) atoms. The minimum Gasteiger partial charge on any atom is -0.396 e. The van der Waals surface area contributed by atoms with Gasteiger partial charge >= 0.3 is 6.03 Å². The number of carbonyl (C=O) groups is 1. The van der Waals surface area contributed by atoms with Gasteiger partial charge in [0.1, 0.15) is 0 Å². The molecule has 5 heteroatoms. The van der Waals surface area contributed by atoms with Gasteiger partial charge in [0.15, 0.2) is 0 Å². The van der Waals surface area contributed by atoms with Crippen molar-refractivity contribution < 1.29 is 9.90 Å². The summed E-state index contributed by atoms with van der Waals surface area (Å²) in [5.41, 5.74) is 0.789. The maximum atomic E-state index is 12.0. The zero-order valence-electron chi connectivity index (χ0n) is 11.8. The molecule has 3 N–H and O–H groups in total. The van der Waals surface area contributed by atoms with Crippen LogP contribution in [0.3, 0.4) is 0 Å². The van der Waals surface area contributed by atoms with E-state index in [-0.39, 0.29) is 24.6 Å². The van der Waals surface area contributed by atoms with Crippen LogP contribution in [0.1, 0.15) is 25.7 Å². The Kier molecular flexibility index (Phi) is 5.73. The second-order valence-corrected chi connectivity index (χ2v) is 6.04. The Bertz CT molecular complexity index is 436. The van der Waals surface area contributed by atoms with Crippen LogP contribution in [-0.2, 0) is 0 Å². The van der Waals surface area contributed by atoms with E-state index in [9.17, 15) is 9.90 Å². The van der Waals surface area contributed by atoms with Crippen molar-refractivity contribution in [1.29, 1.82) is 0 Å². The van der Waals surface area contributed by atoms with Crippen molar-refractivity contribution in [3.05, 3.63) is 24.3 Å². The highest BCUT2D eigenvalue weighted by atomic mass is 32.2. The molecule has 0 saturated heterocycles. The van der Waals surface area contributed by atoms with Crippen molar-refractivity contribution in [2.45, 2.75) is 36.6 Å². The number of benzene rings is 1. The van der Waals surface area contributed by atoms with Gasteiger partial charge in [-0.05, 0) is 43.4 Å². The second kappa shape index (κ2) is 7.55. The lowest BCUT2D eigenvalue weighted by molar-refractivity contribution is 0.156. The second-order valence-electron chi connectivity index (χ2n) is 5.16. The van der Waals surface area contributed by atoms with Gasteiger partial charge in [-0.25, -0.2) is 4.79 Å². The molecular formula is C15H22N2O2S. The van der Waals surface area contributed by atoms with Crippen LogP contribution in [0.15, 0.2) is 29.2 Å². The summed E-state index contributed by atoms with van der Waals surface area (Å²) >= 11 is 1.67. The Balaban J connectivity index is 1.87. The van der Waals surface area contributed by atoms with Crippen LogP contribution < -0.4 is 10.6 Å². The third kappa shape index (κ3) is 4.15. The lowest BCUT2D eigenvalue weighted by Gasteiger charge is -2.30. The molecule has 4 nitrogen and oxygen atoms in total. The molecule has 0 spiro atoms. The summed E-state index contributed by atoms with van der Waals surface area (Å²) in [7, 11) is 0. The van der Waals surface area contributed by atoms with Crippen molar-refractivity contribution >= 4 is 23.5 Å². The fourth-order valence-corrected chi connectivity index (χ4v) is 3.03. The van der Waals surface area contributed by atoms with Crippen molar-refractivity contribution in [2.75, 3.05) is 18.2 Å². The van der Waals surface area contributed by atoms with Crippen LogP contribution >= 0.6 is 11.8 Å². The largest absolute Gasteiger partial charge is 0.396 e. The highest BCUT2D eigenvalue weighted by Crippen LogP contribution is 2.24. The monoisotopic (exact) mass is 294 g/mol. The Morgan fingerprint density at radius 3 is 2.65 bits per heavy atom. The summed E-state index contributed by atoms with van der Waals surface area (Å²) in [4.78, 5) is 13.2. The predicted octanol–water partition coefficient (Wildman–Crippen LogP) is 3.08. The van der Waals surface area contributed by atoms with E-state index in [1.165, 1.54) is 4.90 Å². The van der Waals surface area contributed by atoms with E-state index >= 15 is 0 Å². The third-order valence-corrected chi connectivity index (χ3v) is 4.55. The number of thioether (sulfide) groups is 1. The van der Waals surface area contributed by atoms with Gasteiger partial charge < -0.3 is 15.7 Å². The van der Waals surface area contributed by atoms with Gasteiger partial charge in [-0.3, -0.25) is 0 Å². The van der Waals surface area contributed by atoms with Crippen LogP contribution in [0.2, 0.25) is 0 Å². The maximum Gasteiger partial charge on any atom is 0.319 e. The van der Waals surface area contributed by atoms with Gasteiger partial charge in [0.05, 0.1) is 0 Å². The van der Waals surface area contributed by atoms with E-state index in [0.29, 0.717) is 0 Å². The number of aliphatic hydroxyl groups is 1. The first-order valence-electron chi connectivity index (χ1n) is 7.05. The minimum atomic E-state index is -0.188. The quantitative estimate of drug-likeness (QED) is 0.748. The number of hydrogen-bond acceptors (Lipinski definition) is 3. The number of carbonyl (C=O) groups excluding carboxylic acids is 1. The van der Waals surface area contributed by atoms with Crippen LogP contribution in [0.4, 0.5) is 10.5 Å². The minimum absolute atomic E-state index is 0.0826. The van der Waals surface area contributed by atoms with Gasteiger partial charge in [0.25, 0.3) is 0 Å². The van der Waals surface area contributed by atoms with Crippen LogP contribution in [0.25, 0.3) is 0 Å². The van der Waals surface area contributed by atoms with E-state index in [2.05, 4.69) is 10.6 Å². The van der Waals surface area contributed by atoms with Crippen molar-refractivity contribution in [3.63, 3.8) is 0 Å². The third-order valence-electron chi connectivity index (χ3n) is 3.81. The Morgan fingerprint density at radius 2 is 2.00 bits per heavy atom. The number of urea groups is 1. The summed E-state index contributed by atoms with van der Waals surface area (Å²) in [6, 6.07) is 7.66. The molecule has 1 fully saturated rings. The van der Waals surface area contributed by atoms with E-state index in [1.807, 2.05) is 30.5 Å². The molecule has 0 bridgehead atoms. The first kappa shape index (κ1) is 15.2. The highest BCUT2D eigenvalue weighted by molar-refractivity contribution is 7.98. The number of nitrogens with one attached hydrogen (secondary N) is 2. The molecular weight excluding hydrogens is 272 g/mol. The zero-order valence-corrected chi connectivity index (χ0v) is 12.6. The molecule has 1 aromatic rings. The van der Waals surface area contributed by atoms with Gasteiger partial charge in [0.2, 0.25) is 0 Å². The van der Waals surface area contributed by atoms with Gasteiger partial charge in [0, 0.05) is 29.1 Å². The lowest BCUT2D eigenvalue weighted by Crippen LogP contribution is -2.45. The first-order chi connectivity index (χ1) is 9.72. The first-order valence-corrected chi connectivity index (χ1v) is 8.28. The molecule has 0 aromatic heterocycles. The van der Waals surface area contributed by atoms with E-state index in [1.54, 1.807) is 11.8 Å². The van der Waals surface area contributed by atoms with E-state index in [4.69, 9.17) is 0 Å². The smallest absolute Gasteiger partial charge is 0.319 e. The topological polar surface area (TPSA) is 61.4 Å². The molecule has 0 aliphatic heterocycles. The van der Waals surface area contributed by atoms with E-state index < -0.39 is 0 Å². The van der Waals surface area contributed by atoms with Crippen molar-refractivity contribution in [1.82, 2.24) is 5.32 Å². The van der Waals surface area contributed by atoms with E-state index in [0.717, 1.165) is 31.4 Å². The van der Waals surface area contributed by atoms with Crippen LogP contribution in [-0.4, -0.2) is 30.0 Å². The van der Waals surface area contributed by atoms with Gasteiger partial charge in [-0.15, -0.1) is 11.8 Å². The Labute approximate surface area is 124 Å². The van der Waals surface area contributed by atoms with Crippen molar-refractivity contribution in [2.24, 2.45) is 5.92 Å². The zero-order chi connectivity index (χ0) is 14.4. The number of rotatable bonds is 4. The fourth-order valence-electron chi connectivity index (χ4n) is 2.63. The molecule has 1 aromatic carbocycles. The summed E-state index contributed by atoms with van der Waals surface area (Å²) in [5, 5.41) is 15.2. The van der Waals surface area contributed by atoms with Gasteiger partial charge in [-0.1, -0.05) is 12.8 Å². The summed E-state index contributed by atoms with van der Waals surface area (Å²) in [5.74, 6) is 0.188. The summed E-state index contributed by atoms with van der Waals surface area (Å²) in [6.45, 7) is 0.146. The molecule has 0 radical (unpaired) electrons. The van der Waals surface area contributed by atoms with Crippen molar-refractivity contribution in [3.8, 4) is 0 Å². The molecule has 1 aliphatic carbocycles. The molecule has 0 heterocycles. The number of hydrogen-bond donors (Lipinski definition) is 3. The SMILES string of the molecule is CSc1ccc(NC(=O)NC2CCCCC2CO)cc1. The molecule has 110 valence electrons. The number of anilines is 1. The fraction of sp³-hybridized carbons (Fsp3) is 0.533. The standard InChI is InChI=1S/C15H22N2O2S/c1-20-13-8-6-12(7-9-13)16-15(19)17-14-5-3-2-4-11(14)10-18/h6-9,11,14,18H,2-5,10H2,1H3,(H2,16,17,19). The molecule has 2 unspecified atom stereocenters. The number of aliphatic hydroxyl groups excluding tert-OH is 1. The van der Waals surface area contributed by atoms with Gasteiger partial charge in [-0.2, -0.15) is 0 Å². The Hall–Kier alpha value is -1.20. The molecule has 2 atom stereocenters. The molecule has 2 amide bonds. The average molecular weight is 294 g/mol. The lowest BCUT2D eigenvalue weighted by atomic mass is 9.85. The Morgan fingerprint density at radius 1 is 1.30 bits per heavy atom. The van der Waals surface area contributed by atoms with Crippen LogP contribution in [0.5, 0.6) is 0 Å². The molecule has 1 aliphatic rings. The maximum absolute atomic E-state index is 12.0. The molecule has 2 rings (SSSR count).